The monoisotopic (exact) mass is 299 g/mol. The van der Waals surface area contributed by atoms with Crippen LogP contribution in [0.25, 0.3) is 0 Å². The predicted molar refractivity (Wildman–Crippen MR) is 79.8 cm³/mol. The molecule has 1 unspecified atom stereocenters. The van der Waals surface area contributed by atoms with Crippen molar-refractivity contribution in [3.05, 3.63) is 34.3 Å². The normalized spacial score (nSPS) is 17.9. The number of amides is 1. The Morgan fingerprint density at radius 3 is 2.42 bits per heavy atom. The molecule has 1 saturated heterocycles. The summed E-state index contributed by atoms with van der Waals surface area (Å²) in [6, 6.07) is 5.58. The Balaban J connectivity index is 2.10. The molecule has 1 amide bonds. The number of alkyl halides is 1. The van der Waals surface area contributed by atoms with Gasteiger partial charge in [-0.15, -0.1) is 11.6 Å². The molecule has 2 rings (SSSR count). The van der Waals surface area contributed by atoms with Gasteiger partial charge in [-0.2, -0.15) is 0 Å². The van der Waals surface area contributed by atoms with Crippen molar-refractivity contribution < 1.29 is 4.79 Å². The first kappa shape index (κ1) is 14.7. The van der Waals surface area contributed by atoms with Crippen LogP contribution in [0.1, 0.15) is 42.2 Å². The molecular formula is C15H19Cl2NO. The zero-order chi connectivity index (χ0) is 13.8. The van der Waals surface area contributed by atoms with Crippen molar-refractivity contribution in [3.8, 4) is 0 Å². The number of likely N-dealkylation sites (tertiary alicyclic amines) is 1. The Labute approximate surface area is 124 Å². The second kappa shape index (κ2) is 6.62. The second-order valence-corrected chi connectivity index (χ2v) is 5.95. The molecule has 19 heavy (non-hydrogen) atoms. The van der Waals surface area contributed by atoms with Crippen LogP contribution in [-0.4, -0.2) is 23.9 Å². The van der Waals surface area contributed by atoms with Crippen LogP contribution in [0.4, 0.5) is 0 Å². The lowest BCUT2D eigenvalue weighted by Gasteiger charge is -2.23. The van der Waals surface area contributed by atoms with Gasteiger partial charge in [0.15, 0.2) is 0 Å². The first-order valence-corrected chi connectivity index (χ1v) is 7.60. The summed E-state index contributed by atoms with van der Waals surface area (Å²) < 4.78 is 0. The molecule has 1 aromatic rings. The van der Waals surface area contributed by atoms with E-state index in [-0.39, 0.29) is 5.91 Å². The van der Waals surface area contributed by atoms with E-state index >= 15 is 0 Å². The maximum atomic E-state index is 12.4. The predicted octanol–water partition coefficient (Wildman–Crippen LogP) is 4.33. The summed E-state index contributed by atoms with van der Waals surface area (Å²) in [4.78, 5) is 14.3. The molecule has 1 atom stereocenters. The standard InChI is InChI=1S/C15H19Cl2NO/c1-11-6-7-12(10-13(11)16)14(17)15(19)18-8-4-2-3-5-9-18/h6-7,10,14H,2-5,8-9H2,1H3. The average molecular weight is 300 g/mol. The summed E-state index contributed by atoms with van der Waals surface area (Å²) in [6.07, 6.45) is 4.55. The van der Waals surface area contributed by atoms with Gasteiger partial charge in [0.1, 0.15) is 5.38 Å². The van der Waals surface area contributed by atoms with Gasteiger partial charge in [0.05, 0.1) is 0 Å². The fraction of sp³-hybridized carbons (Fsp3) is 0.533. The molecular weight excluding hydrogens is 281 g/mol. The van der Waals surface area contributed by atoms with Crippen molar-refractivity contribution >= 4 is 29.1 Å². The summed E-state index contributed by atoms with van der Waals surface area (Å²) in [5, 5.41) is 0.0306. The van der Waals surface area contributed by atoms with Crippen LogP contribution in [0, 0.1) is 6.92 Å². The Kier molecular flexibility index (Phi) is 5.12. The molecule has 1 heterocycles. The number of nitrogens with zero attached hydrogens (tertiary/aromatic N) is 1. The van der Waals surface area contributed by atoms with E-state index in [1.807, 2.05) is 24.0 Å². The molecule has 0 spiro atoms. The van der Waals surface area contributed by atoms with E-state index in [1.54, 1.807) is 6.07 Å². The molecule has 1 fully saturated rings. The third-order valence-electron chi connectivity index (χ3n) is 3.62. The minimum absolute atomic E-state index is 0.00323. The summed E-state index contributed by atoms with van der Waals surface area (Å²) in [5.74, 6) is 0.00323. The second-order valence-electron chi connectivity index (χ2n) is 5.11. The number of rotatable bonds is 2. The van der Waals surface area contributed by atoms with Crippen LogP contribution in [0.15, 0.2) is 18.2 Å². The van der Waals surface area contributed by atoms with Gasteiger partial charge in [0.2, 0.25) is 5.91 Å². The van der Waals surface area contributed by atoms with E-state index in [1.165, 1.54) is 12.8 Å². The van der Waals surface area contributed by atoms with Crippen LogP contribution in [0.3, 0.4) is 0 Å². The topological polar surface area (TPSA) is 20.3 Å². The molecule has 0 aromatic heterocycles. The molecule has 0 N–H and O–H groups in total. The van der Waals surface area contributed by atoms with E-state index in [0.717, 1.165) is 37.1 Å². The Morgan fingerprint density at radius 2 is 1.84 bits per heavy atom. The highest BCUT2D eigenvalue weighted by Crippen LogP contribution is 2.28. The van der Waals surface area contributed by atoms with Gasteiger partial charge in [-0.05, 0) is 37.0 Å². The van der Waals surface area contributed by atoms with Gasteiger partial charge < -0.3 is 4.90 Å². The van der Waals surface area contributed by atoms with Crippen LogP contribution in [-0.2, 0) is 4.79 Å². The first-order chi connectivity index (χ1) is 9.09. The smallest absolute Gasteiger partial charge is 0.245 e. The number of halogens is 2. The van der Waals surface area contributed by atoms with Crippen LogP contribution < -0.4 is 0 Å². The third kappa shape index (κ3) is 3.64. The van der Waals surface area contributed by atoms with E-state index in [2.05, 4.69) is 0 Å². The fourth-order valence-electron chi connectivity index (χ4n) is 2.36. The lowest BCUT2D eigenvalue weighted by molar-refractivity contribution is -0.130. The summed E-state index contributed by atoms with van der Waals surface area (Å²) in [6.45, 7) is 3.58. The van der Waals surface area contributed by atoms with Crippen molar-refractivity contribution in [3.63, 3.8) is 0 Å². The molecule has 0 radical (unpaired) electrons. The van der Waals surface area contributed by atoms with Crippen LogP contribution in [0.5, 0.6) is 0 Å². The fourth-order valence-corrected chi connectivity index (χ4v) is 2.82. The number of hydrogen-bond acceptors (Lipinski definition) is 1. The largest absolute Gasteiger partial charge is 0.341 e. The maximum absolute atomic E-state index is 12.4. The number of benzene rings is 1. The van der Waals surface area contributed by atoms with Gasteiger partial charge >= 0.3 is 0 Å². The van der Waals surface area contributed by atoms with E-state index in [0.29, 0.717) is 5.02 Å². The van der Waals surface area contributed by atoms with Gasteiger partial charge in [-0.3, -0.25) is 4.79 Å². The summed E-state index contributed by atoms with van der Waals surface area (Å²) >= 11 is 12.4. The van der Waals surface area contributed by atoms with Crippen LogP contribution in [0.2, 0.25) is 5.02 Å². The molecule has 1 aromatic carbocycles. The summed E-state index contributed by atoms with van der Waals surface area (Å²) in [7, 11) is 0. The Hall–Kier alpha value is -0.730. The molecule has 0 aliphatic carbocycles. The van der Waals surface area contributed by atoms with Crippen molar-refractivity contribution in [2.75, 3.05) is 13.1 Å². The molecule has 2 nitrogen and oxygen atoms in total. The van der Waals surface area contributed by atoms with E-state index in [4.69, 9.17) is 23.2 Å². The minimum atomic E-state index is -0.629. The Bertz CT molecular complexity index is 453. The highest BCUT2D eigenvalue weighted by molar-refractivity contribution is 6.33. The van der Waals surface area contributed by atoms with Crippen LogP contribution >= 0.6 is 23.2 Å². The third-order valence-corrected chi connectivity index (χ3v) is 4.47. The molecule has 0 bridgehead atoms. The molecule has 104 valence electrons. The van der Waals surface area contributed by atoms with E-state index in [9.17, 15) is 4.79 Å². The molecule has 0 saturated carbocycles. The van der Waals surface area contributed by atoms with Gasteiger partial charge in [0, 0.05) is 18.1 Å². The van der Waals surface area contributed by atoms with Crippen molar-refractivity contribution in [2.24, 2.45) is 0 Å². The number of hydrogen-bond donors (Lipinski definition) is 0. The van der Waals surface area contributed by atoms with Gasteiger partial charge in [0.25, 0.3) is 0 Å². The lowest BCUT2D eigenvalue weighted by Crippen LogP contribution is -2.34. The zero-order valence-corrected chi connectivity index (χ0v) is 12.7. The van der Waals surface area contributed by atoms with E-state index < -0.39 is 5.38 Å². The molecule has 4 heteroatoms. The number of carbonyl (C=O) groups is 1. The van der Waals surface area contributed by atoms with Gasteiger partial charge in [-0.1, -0.05) is 36.6 Å². The quantitative estimate of drug-likeness (QED) is 0.744. The SMILES string of the molecule is Cc1ccc(C(Cl)C(=O)N2CCCCCC2)cc1Cl. The molecule has 1 aliphatic heterocycles. The number of carbonyl (C=O) groups excluding carboxylic acids is 1. The molecule has 1 aliphatic rings. The lowest BCUT2D eigenvalue weighted by atomic mass is 10.1. The first-order valence-electron chi connectivity index (χ1n) is 6.78. The highest BCUT2D eigenvalue weighted by Gasteiger charge is 2.24. The van der Waals surface area contributed by atoms with Crippen molar-refractivity contribution in [1.82, 2.24) is 4.90 Å². The van der Waals surface area contributed by atoms with Crippen molar-refractivity contribution in [1.29, 1.82) is 0 Å². The maximum Gasteiger partial charge on any atom is 0.245 e. The number of aryl methyl sites for hydroxylation is 1. The zero-order valence-electron chi connectivity index (χ0n) is 11.2. The Morgan fingerprint density at radius 1 is 1.21 bits per heavy atom. The highest BCUT2D eigenvalue weighted by atomic mass is 35.5. The van der Waals surface area contributed by atoms with Crippen molar-refractivity contribution in [2.45, 2.75) is 38.0 Å². The summed E-state index contributed by atoms with van der Waals surface area (Å²) in [5.41, 5.74) is 1.78. The van der Waals surface area contributed by atoms with Gasteiger partial charge in [-0.25, -0.2) is 0 Å². The average Bonchev–Trinajstić information content (AvgIpc) is 2.69. The minimum Gasteiger partial charge on any atom is -0.341 e.